The SMILES string of the molecule is CC(OC[C@H]1O[C@@H](n2cnc3c(NCc4ccccc4)ncnc32)C(O)C1O)C(N)=O. The van der Waals surface area contributed by atoms with Crippen molar-refractivity contribution in [1.29, 1.82) is 0 Å². The van der Waals surface area contributed by atoms with Gasteiger partial charge in [-0.2, -0.15) is 0 Å². The molecule has 1 saturated heterocycles. The van der Waals surface area contributed by atoms with Crippen molar-refractivity contribution < 1.29 is 24.5 Å². The van der Waals surface area contributed by atoms with E-state index in [1.165, 1.54) is 24.1 Å². The first kappa shape index (κ1) is 21.1. The smallest absolute Gasteiger partial charge is 0.246 e. The Hall–Kier alpha value is -3.12. The number of imidazole rings is 1. The number of hydrogen-bond acceptors (Lipinski definition) is 9. The molecule has 164 valence electrons. The lowest BCUT2D eigenvalue weighted by molar-refractivity contribution is -0.133. The molecule has 0 radical (unpaired) electrons. The van der Waals surface area contributed by atoms with Crippen LogP contribution in [0.1, 0.15) is 18.7 Å². The number of aliphatic hydroxyl groups is 2. The van der Waals surface area contributed by atoms with Gasteiger partial charge in [0, 0.05) is 6.54 Å². The summed E-state index contributed by atoms with van der Waals surface area (Å²) in [5, 5.41) is 24.1. The molecular weight excluding hydrogens is 404 g/mol. The number of primary amides is 1. The molecule has 1 aromatic carbocycles. The van der Waals surface area contributed by atoms with Gasteiger partial charge in [-0.15, -0.1) is 0 Å². The molecule has 5 N–H and O–H groups in total. The van der Waals surface area contributed by atoms with Crippen molar-refractivity contribution >= 4 is 22.9 Å². The Morgan fingerprint density at radius 1 is 1.26 bits per heavy atom. The first-order valence-corrected chi connectivity index (χ1v) is 9.83. The molecular formula is C20H24N6O5. The van der Waals surface area contributed by atoms with Crippen molar-refractivity contribution in [2.45, 2.75) is 44.1 Å². The van der Waals surface area contributed by atoms with Crippen LogP contribution < -0.4 is 11.1 Å². The minimum absolute atomic E-state index is 0.107. The van der Waals surface area contributed by atoms with Crippen LogP contribution >= 0.6 is 0 Å². The molecule has 3 heterocycles. The second kappa shape index (κ2) is 8.94. The summed E-state index contributed by atoms with van der Waals surface area (Å²) in [4.78, 5) is 24.0. The molecule has 0 aliphatic carbocycles. The molecule has 3 aromatic rings. The molecule has 11 heteroatoms. The van der Waals surface area contributed by atoms with Gasteiger partial charge in [0.2, 0.25) is 5.91 Å². The third kappa shape index (κ3) is 4.35. The summed E-state index contributed by atoms with van der Waals surface area (Å²) < 4.78 is 12.7. The fraction of sp³-hybridized carbons (Fsp3) is 0.400. The summed E-state index contributed by atoms with van der Waals surface area (Å²) in [5.41, 5.74) is 7.20. The first-order valence-electron chi connectivity index (χ1n) is 9.83. The van der Waals surface area contributed by atoms with Gasteiger partial charge in [-0.25, -0.2) is 15.0 Å². The summed E-state index contributed by atoms with van der Waals surface area (Å²) in [6, 6.07) is 9.85. The van der Waals surface area contributed by atoms with E-state index in [2.05, 4.69) is 20.3 Å². The van der Waals surface area contributed by atoms with Crippen molar-refractivity contribution in [3.8, 4) is 0 Å². The number of fused-ring (bicyclic) bond motifs is 1. The van der Waals surface area contributed by atoms with Gasteiger partial charge in [-0.1, -0.05) is 30.3 Å². The van der Waals surface area contributed by atoms with Gasteiger partial charge in [0.05, 0.1) is 12.9 Å². The third-order valence-corrected chi connectivity index (χ3v) is 5.18. The van der Waals surface area contributed by atoms with Gasteiger partial charge in [-0.3, -0.25) is 9.36 Å². The maximum Gasteiger partial charge on any atom is 0.246 e. The van der Waals surface area contributed by atoms with Crippen molar-refractivity contribution in [1.82, 2.24) is 19.5 Å². The second-order valence-electron chi connectivity index (χ2n) is 7.31. The van der Waals surface area contributed by atoms with E-state index in [4.69, 9.17) is 15.2 Å². The molecule has 0 saturated carbocycles. The van der Waals surface area contributed by atoms with Crippen molar-refractivity contribution in [3.63, 3.8) is 0 Å². The number of amides is 1. The van der Waals surface area contributed by atoms with Crippen molar-refractivity contribution in [2.75, 3.05) is 11.9 Å². The zero-order valence-electron chi connectivity index (χ0n) is 16.8. The summed E-state index contributed by atoms with van der Waals surface area (Å²) in [6.45, 7) is 1.95. The Labute approximate surface area is 177 Å². The van der Waals surface area contributed by atoms with Gasteiger partial charge < -0.3 is 30.7 Å². The standard InChI is InChI=1S/C20H24N6O5/c1-11(17(21)29)30-8-13-15(27)16(28)20(31-13)26-10-25-14-18(23-9-24-19(14)26)22-7-12-5-3-2-4-6-12/h2-6,9-11,13,15-16,20,27-28H,7-8H2,1H3,(H2,21,29)(H,22,23,24)/t11?,13-,15?,16?,20-/m1/s1. The number of nitrogens with zero attached hydrogens (tertiary/aromatic N) is 4. The lowest BCUT2D eigenvalue weighted by atomic mass is 10.1. The van der Waals surface area contributed by atoms with Gasteiger partial charge in [0.15, 0.2) is 23.2 Å². The van der Waals surface area contributed by atoms with Crippen LogP contribution in [-0.4, -0.2) is 66.7 Å². The zero-order chi connectivity index (χ0) is 22.0. The molecule has 11 nitrogen and oxygen atoms in total. The van der Waals surface area contributed by atoms with Gasteiger partial charge in [-0.05, 0) is 12.5 Å². The maximum atomic E-state index is 11.1. The monoisotopic (exact) mass is 428 g/mol. The molecule has 5 atom stereocenters. The van der Waals surface area contributed by atoms with Crippen LogP contribution in [-0.2, 0) is 20.8 Å². The van der Waals surface area contributed by atoms with E-state index < -0.39 is 36.6 Å². The van der Waals surface area contributed by atoms with Gasteiger partial charge >= 0.3 is 0 Å². The summed E-state index contributed by atoms with van der Waals surface area (Å²) in [5.74, 6) is -0.0896. The summed E-state index contributed by atoms with van der Waals surface area (Å²) in [6.07, 6.45) is -2.23. The molecule has 1 aliphatic rings. The van der Waals surface area contributed by atoms with E-state index in [-0.39, 0.29) is 6.61 Å². The molecule has 1 aliphatic heterocycles. The lowest BCUT2D eigenvalue weighted by Crippen LogP contribution is -2.37. The topological polar surface area (TPSA) is 158 Å². The van der Waals surface area contributed by atoms with Crippen molar-refractivity contribution in [2.24, 2.45) is 5.73 Å². The highest BCUT2D eigenvalue weighted by Gasteiger charge is 2.44. The number of nitrogens with two attached hydrogens (primary N) is 1. The van der Waals surface area contributed by atoms with E-state index in [0.717, 1.165) is 5.56 Å². The van der Waals surface area contributed by atoms with E-state index in [1.807, 2.05) is 30.3 Å². The van der Waals surface area contributed by atoms with Crippen LogP contribution in [0.5, 0.6) is 0 Å². The number of carbonyl (C=O) groups is 1. The molecule has 0 spiro atoms. The average molecular weight is 428 g/mol. The van der Waals surface area contributed by atoms with E-state index in [9.17, 15) is 15.0 Å². The fourth-order valence-corrected chi connectivity index (χ4v) is 3.37. The van der Waals surface area contributed by atoms with E-state index >= 15 is 0 Å². The number of aliphatic hydroxyl groups excluding tert-OH is 2. The Bertz CT molecular complexity index is 1040. The van der Waals surface area contributed by atoms with Gasteiger partial charge in [0.1, 0.15) is 30.7 Å². The van der Waals surface area contributed by atoms with E-state index in [0.29, 0.717) is 23.5 Å². The molecule has 0 bridgehead atoms. The molecule has 3 unspecified atom stereocenters. The number of aromatic nitrogens is 4. The third-order valence-electron chi connectivity index (χ3n) is 5.18. The van der Waals surface area contributed by atoms with Crippen LogP contribution in [0.4, 0.5) is 5.82 Å². The molecule has 1 fully saturated rings. The lowest BCUT2D eigenvalue weighted by Gasteiger charge is -2.17. The maximum absolute atomic E-state index is 11.1. The van der Waals surface area contributed by atoms with Crippen LogP contribution in [0.25, 0.3) is 11.2 Å². The molecule has 31 heavy (non-hydrogen) atoms. The Kier molecular flexibility index (Phi) is 6.09. The number of anilines is 1. The fourth-order valence-electron chi connectivity index (χ4n) is 3.37. The number of hydrogen-bond donors (Lipinski definition) is 4. The summed E-state index contributed by atoms with van der Waals surface area (Å²) >= 11 is 0. The first-order chi connectivity index (χ1) is 15.0. The number of benzene rings is 1. The molecule has 2 aromatic heterocycles. The normalized spacial score (nSPS) is 24.4. The highest BCUT2D eigenvalue weighted by atomic mass is 16.6. The highest BCUT2D eigenvalue weighted by Crippen LogP contribution is 2.32. The number of rotatable bonds is 8. The molecule has 4 rings (SSSR count). The minimum Gasteiger partial charge on any atom is -0.387 e. The Morgan fingerprint density at radius 2 is 2.03 bits per heavy atom. The van der Waals surface area contributed by atoms with Crippen LogP contribution in [0.2, 0.25) is 0 Å². The van der Waals surface area contributed by atoms with Crippen LogP contribution in [0.3, 0.4) is 0 Å². The van der Waals surface area contributed by atoms with Crippen LogP contribution in [0, 0.1) is 0 Å². The quantitative estimate of drug-likeness (QED) is 0.386. The van der Waals surface area contributed by atoms with Crippen LogP contribution in [0.15, 0.2) is 43.0 Å². The van der Waals surface area contributed by atoms with Crippen molar-refractivity contribution in [3.05, 3.63) is 48.5 Å². The Balaban J connectivity index is 1.51. The average Bonchev–Trinajstić information content (AvgIpc) is 3.33. The molecule has 1 amide bonds. The second-order valence-corrected chi connectivity index (χ2v) is 7.31. The predicted molar refractivity (Wildman–Crippen MR) is 110 cm³/mol. The number of ether oxygens (including phenoxy) is 2. The minimum atomic E-state index is -1.24. The Morgan fingerprint density at radius 3 is 2.77 bits per heavy atom. The largest absolute Gasteiger partial charge is 0.387 e. The predicted octanol–water partition coefficient (Wildman–Crippen LogP) is -0.0520. The number of nitrogens with one attached hydrogen (secondary N) is 1. The summed E-state index contributed by atoms with van der Waals surface area (Å²) in [7, 11) is 0. The van der Waals surface area contributed by atoms with Gasteiger partial charge in [0.25, 0.3) is 0 Å². The highest BCUT2D eigenvalue weighted by molar-refractivity contribution is 5.82. The zero-order valence-corrected chi connectivity index (χ0v) is 16.8. The number of carbonyl (C=O) groups excluding carboxylic acids is 1. The van der Waals surface area contributed by atoms with E-state index in [1.54, 1.807) is 0 Å².